The number of rotatable bonds is 5. The number of ketones is 1. The third-order valence-electron chi connectivity index (χ3n) is 3.78. The smallest absolute Gasteiger partial charge is 0.249 e. The maximum Gasteiger partial charge on any atom is 0.249 e. The summed E-state index contributed by atoms with van der Waals surface area (Å²) in [6.45, 7) is 4.81. The lowest BCUT2D eigenvalue weighted by Gasteiger charge is -2.21. The van der Waals surface area contributed by atoms with Gasteiger partial charge in [-0.1, -0.05) is 48.5 Å². The van der Waals surface area contributed by atoms with E-state index in [2.05, 4.69) is 5.32 Å². The Balaban J connectivity index is 2.51. The molecule has 120 valence electrons. The molecular formula is C19H21NO3. The molecule has 0 fully saturated rings. The third kappa shape index (κ3) is 3.85. The summed E-state index contributed by atoms with van der Waals surface area (Å²) in [4.78, 5) is 23.9. The van der Waals surface area contributed by atoms with Crippen LogP contribution in [-0.2, 0) is 9.59 Å². The van der Waals surface area contributed by atoms with E-state index in [4.69, 9.17) is 0 Å². The van der Waals surface area contributed by atoms with Crippen LogP contribution < -0.4 is 5.32 Å². The van der Waals surface area contributed by atoms with Gasteiger partial charge in [0.1, 0.15) is 12.1 Å². The maximum atomic E-state index is 12.1. The number of carbonyl (C=O) groups excluding carboxylic acids is 2. The number of hydrogen-bond acceptors (Lipinski definition) is 3. The van der Waals surface area contributed by atoms with Crippen LogP contribution in [0.1, 0.15) is 31.0 Å². The zero-order valence-corrected chi connectivity index (χ0v) is 13.5. The predicted molar refractivity (Wildman–Crippen MR) is 89.9 cm³/mol. The van der Waals surface area contributed by atoms with Gasteiger partial charge in [0, 0.05) is 0 Å². The molecule has 0 saturated heterocycles. The molecule has 2 rings (SSSR count). The molecule has 2 aromatic rings. The van der Waals surface area contributed by atoms with Crippen LogP contribution in [0.3, 0.4) is 0 Å². The average Bonchev–Trinajstić information content (AvgIpc) is 2.52. The molecule has 4 heteroatoms. The van der Waals surface area contributed by atoms with E-state index < -0.39 is 18.1 Å². The second-order valence-electron chi connectivity index (χ2n) is 5.63. The fourth-order valence-electron chi connectivity index (χ4n) is 2.53. The minimum atomic E-state index is -1.16. The molecule has 0 saturated carbocycles. The Labute approximate surface area is 136 Å². The van der Waals surface area contributed by atoms with E-state index in [1.165, 1.54) is 13.8 Å². The minimum absolute atomic E-state index is 0.181. The van der Waals surface area contributed by atoms with Gasteiger partial charge in [0.05, 0.1) is 0 Å². The third-order valence-corrected chi connectivity index (χ3v) is 3.78. The van der Waals surface area contributed by atoms with E-state index >= 15 is 0 Å². The molecule has 23 heavy (non-hydrogen) atoms. The van der Waals surface area contributed by atoms with Gasteiger partial charge in [0.15, 0.2) is 5.78 Å². The Morgan fingerprint density at radius 2 is 1.57 bits per heavy atom. The van der Waals surface area contributed by atoms with Crippen LogP contribution in [0, 0.1) is 6.92 Å². The summed E-state index contributed by atoms with van der Waals surface area (Å²) in [6, 6.07) is 14.6. The summed E-state index contributed by atoms with van der Waals surface area (Å²) < 4.78 is 0. The summed E-state index contributed by atoms with van der Waals surface area (Å²) in [5.74, 6) is -0.746. The average molecular weight is 311 g/mol. The molecule has 0 unspecified atom stereocenters. The molecule has 0 aromatic heterocycles. The SMILES string of the molecule is CC(=O)[C@@H](NC(=O)[C@H](C)O)c1ccccc1-c1ccccc1C. The van der Waals surface area contributed by atoms with Gasteiger partial charge in [-0.05, 0) is 43.0 Å². The highest BCUT2D eigenvalue weighted by Crippen LogP contribution is 2.31. The van der Waals surface area contributed by atoms with Gasteiger partial charge in [-0.15, -0.1) is 0 Å². The van der Waals surface area contributed by atoms with Crippen LogP contribution in [0.4, 0.5) is 0 Å². The van der Waals surface area contributed by atoms with Crippen LogP contribution >= 0.6 is 0 Å². The summed E-state index contributed by atoms with van der Waals surface area (Å²) in [5.41, 5.74) is 3.73. The molecule has 1 amide bonds. The Kier molecular flexibility index (Phi) is 5.29. The monoisotopic (exact) mass is 311 g/mol. The Hall–Kier alpha value is -2.46. The van der Waals surface area contributed by atoms with Crippen molar-refractivity contribution in [2.24, 2.45) is 0 Å². The molecule has 0 bridgehead atoms. The quantitative estimate of drug-likeness (QED) is 0.892. The summed E-state index contributed by atoms with van der Waals surface area (Å²) in [5, 5.41) is 12.0. The first-order valence-corrected chi connectivity index (χ1v) is 7.55. The minimum Gasteiger partial charge on any atom is -0.384 e. The van der Waals surface area contributed by atoms with Gasteiger partial charge in [-0.2, -0.15) is 0 Å². The van der Waals surface area contributed by atoms with Crippen molar-refractivity contribution in [3.05, 3.63) is 59.7 Å². The molecule has 0 aliphatic heterocycles. The molecule has 4 nitrogen and oxygen atoms in total. The standard InChI is InChI=1S/C19H21NO3/c1-12-8-4-5-9-15(12)16-10-6-7-11-17(16)18(13(2)21)20-19(23)14(3)22/h4-11,14,18,22H,1-3H3,(H,20,23)/t14-,18+/m0/s1. The fraction of sp³-hybridized carbons (Fsp3) is 0.263. The van der Waals surface area contributed by atoms with Crippen molar-refractivity contribution < 1.29 is 14.7 Å². The summed E-state index contributed by atoms with van der Waals surface area (Å²) >= 11 is 0. The van der Waals surface area contributed by atoms with Gasteiger partial charge in [0.2, 0.25) is 5.91 Å². The van der Waals surface area contributed by atoms with Crippen molar-refractivity contribution >= 4 is 11.7 Å². The lowest BCUT2D eigenvalue weighted by atomic mass is 9.91. The number of aryl methyl sites for hydroxylation is 1. The van der Waals surface area contributed by atoms with Crippen molar-refractivity contribution in [1.82, 2.24) is 5.32 Å². The number of benzene rings is 2. The number of nitrogens with one attached hydrogen (secondary N) is 1. The highest BCUT2D eigenvalue weighted by molar-refractivity contribution is 5.91. The maximum absolute atomic E-state index is 12.1. The van der Waals surface area contributed by atoms with Crippen LogP contribution in [0.5, 0.6) is 0 Å². The molecular weight excluding hydrogens is 290 g/mol. The first-order chi connectivity index (χ1) is 10.9. The normalized spacial score (nSPS) is 13.2. The number of aliphatic hydroxyl groups excluding tert-OH is 1. The Morgan fingerprint density at radius 1 is 1.00 bits per heavy atom. The number of carbonyl (C=O) groups is 2. The zero-order chi connectivity index (χ0) is 17.0. The predicted octanol–water partition coefficient (Wildman–Crippen LogP) is 2.79. The van der Waals surface area contributed by atoms with Crippen LogP contribution in [-0.4, -0.2) is 22.9 Å². The van der Waals surface area contributed by atoms with E-state index in [1.54, 1.807) is 0 Å². The van der Waals surface area contributed by atoms with Crippen molar-refractivity contribution in [1.29, 1.82) is 0 Å². The largest absolute Gasteiger partial charge is 0.384 e. The van der Waals surface area contributed by atoms with E-state index in [0.29, 0.717) is 0 Å². The van der Waals surface area contributed by atoms with Crippen molar-refractivity contribution in [3.8, 4) is 11.1 Å². The van der Waals surface area contributed by atoms with Crippen molar-refractivity contribution in [3.63, 3.8) is 0 Å². The number of Topliss-reactive ketones (excluding diaryl/α,β-unsaturated/α-hetero) is 1. The van der Waals surface area contributed by atoms with E-state index in [9.17, 15) is 14.7 Å². The summed E-state index contributed by atoms with van der Waals surface area (Å²) in [7, 11) is 0. The molecule has 2 aromatic carbocycles. The highest BCUT2D eigenvalue weighted by atomic mass is 16.3. The van der Waals surface area contributed by atoms with Gasteiger partial charge >= 0.3 is 0 Å². The van der Waals surface area contributed by atoms with Crippen LogP contribution in [0.15, 0.2) is 48.5 Å². The van der Waals surface area contributed by atoms with E-state index in [-0.39, 0.29) is 5.78 Å². The highest BCUT2D eigenvalue weighted by Gasteiger charge is 2.24. The molecule has 0 aliphatic carbocycles. The molecule has 0 aliphatic rings. The van der Waals surface area contributed by atoms with Gasteiger partial charge < -0.3 is 10.4 Å². The number of aliphatic hydroxyl groups is 1. The van der Waals surface area contributed by atoms with Gasteiger partial charge in [-0.3, -0.25) is 9.59 Å². The lowest BCUT2D eigenvalue weighted by Crippen LogP contribution is -2.38. The van der Waals surface area contributed by atoms with Crippen LogP contribution in [0.2, 0.25) is 0 Å². The Bertz CT molecular complexity index is 722. The second kappa shape index (κ2) is 7.20. The van der Waals surface area contributed by atoms with Gasteiger partial charge in [0.25, 0.3) is 0 Å². The first kappa shape index (κ1) is 16.9. The van der Waals surface area contributed by atoms with Crippen LogP contribution in [0.25, 0.3) is 11.1 Å². The van der Waals surface area contributed by atoms with Gasteiger partial charge in [-0.25, -0.2) is 0 Å². The first-order valence-electron chi connectivity index (χ1n) is 7.55. The Morgan fingerprint density at radius 3 is 2.13 bits per heavy atom. The molecule has 0 spiro atoms. The number of hydrogen-bond donors (Lipinski definition) is 2. The van der Waals surface area contributed by atoms with E-state index in [1.807, 2.05) is 55.5 Å². The van der Waals surface area contributed by atoms with Crippen molar-refractivity contribution in [2.45, 2.75) is 32.9 Å². The molecule has 0 radical (unpaired) electrons. The fourth-order valence-corrected chi connectivity index (χ4v) is 2.53. The van der Waals surface area contributed by atoms with Crippen molar-refractivity contribution in [2.75, 3.05) is 0 Å². The molecule has 0 heterocycles. The molecule has 2 atom stereocenters. The molecule has 2 N–H and O–H groups in total. The van der Waals surface area contributed by atoms with E-state index in [0.717, 1.165) is 22.3 Å². The summed E-state index contributed by atoms with van der Waals surface area (Å²) in [6.07, 6.45) is -1.16. The second-order valence-corrected chi connectivity index (χ2v) is 5.63. The zero-order valence-electron chi connectivity index (χ0n) is 13.5. The number of amides is 1. The lowest BCUT2D eigenvalue weighted by molar-refractivity contribution is -0.132. The topological polar surface area (TPSA) is 66.4 Å².